The number of alkyl halides is 1. The van der Waals surface area contributed by atoms with Crippen LogP contribution in [0.15, 0.2) is 24.4 Å². The Morgan fingerprint density at radius 3 is 2.66 bits per heavy atom. The van der Waals surface area contributed by atoms with Crippen molar-refractivity contribution in [1.82, 2.24) is 20.2 Å². The van der Waals surface area contributed by atoms with Crippen molar-refractivity contribution in [1.29, 1.82) is 0 Å². The minimum absolute atomic E-state index is 0.0401. The minimum Gasteiger partial charge on any atom is -0.340 e. The molecule has 0 aliphatic rings. The van der Waals surface area contributed by atoms with E-state index in [1.165, 1.54) is 6.20 Å². The number of hydrogen-bond donors (Lipinski definition) is 4. The summed E-state index contributed by atoms with van der Waals surface area (Å²) in [7, 11) is 0. The molecule has 0 spiro atoms. The largest absolute Gasteiger partial charge is 0.340 e. The number of nitrogens with two attached hydrogens (primary N) is 2. The number of hydrogen-bond acceptors (Lipinski definition) is 5. The van der Waals surface area contributed by atoms with Crippen LogP contribution >= 0.6 is 0 Å². The van der Waals surface area contributed by atoms with E-state index in [1.54, 1.807) is 4.90 Å². The van der Waals surface area contributed by atoms with Gasteiger partial charge in [-0.3, -0.25) is 4.79 Å². The molecule has 2 aromatic rings. The number of nitrogens with one attached hydrogen (secondary N) is 2. The fourth-order valence-electron chi connectivity index (χ4n) is 3.52. The number of benzene rings is 1. The number of halogens is 3. The quantitative estimate of drug-likeness (QED) is 0.390. The van der Waals surface area contributed by atoms with Crippen LogP contribution in [0.2, 0.25) is 0 Å². The second-order valence-corrected chi connectivity index (χ2v) is 8.83. The molecule has 6 N–H and O–H groups in total. The molecule has 10 heteroatoms. The van der Waals surface area contributed by atoms with Gasteiger partial charge in [-0.2, -0.15) is 0 Å². The molecule has 2 atom stereocenters. The van der Waals surface area contributed by atoms with Crippen LogP contribution < -0.4 is 16.8 Å². The fourth-order valence-corrected chi connectivity index (χ4v) is 3.52. The highest BCUT2D eigenvalue weighted by Gasteiger charge is 2.37. The van der Waals surface area contributed by atoms with Crippen LogP contribution in [-0.2, 0) is 4.79 Å². The number of imidazole rings is 1. The maximum atomic E-state index is 14.3. The SMILES string of the molecule is CC(C)(C)C(c1ncc(-c2cc(F)ccc2F)[nH]1)N(CCC(N)CF)C(=O)CNCCN. The van der Waals surface area contributed by atoms with Crippen molar-refractivity contribution in [2.75, 3.05) is 32.9 Å². The number of carbonyl (C=O) groups is 1. The number of H-pyrrole nitrogens is 1. The Bertz CT molecular complexity index is 883. The molecule has 0 aliphatic heterocycles. The summed E-state index contributed by atoms with van der Waals surface area (Å²) in [5.74, 6) is -0.980. The highest BCUT2D eigenvalue weighted by atomic mass is 19.1. The average molecular weight is 455 g/mol. The van der Waals surface area contributed by atoms with Crippen LogP contribution in [0.4, 0.5) is 13.2 Å². The molecule has 0 aliphatic carbocycles. The number of aromatic nitrogens is 2. The monoisotopic (exact) mass is 454 g/mol. The van der Waals surface area contributed by atoms with Gasteiger partial charge in [-0.05, 0) is 30.0 Å². The summed E-state index contributed by atoms with van der Waals surface area (Å²) in [5, 5.41) is 2.98. The third kappa shape index (κ3) is 6.78. The van der Waals surface area contributed by atoms with Crippen LogP contribution in [0.25, 0.3) is 11.3 Å². The molecule has 0 fully saturated rings. The van der Waals surface area contributed by atoms with Crippen molar-refractivity contribution in [2.45, 2.75) is 39.3 Å². The van der Waals surface area contributed by atoms with E-state index in [-0.39, 0.29) is 31.0 Å². The lowest BCUT2D eigenvalue weighted by atomic mass is 9.84. The maximum Gasteiger partial charge on any atom is 0.237 e. The number of aromatic amines is 1. The van der Waals surface area contributed by atoms with Gasteiger partial charge in [0.25, 0.3) is 0 Å². The smallest absolute Gasteiger partial charge is 0.237 e. The van der Waals surface area contributed by atoms with Gasteiger partial charge in [0.2, 0.25) is 5.91 Å². The lowest BCUT2D eigenvalue weighted by molar-refractivity contribution is -0.135. The van der Waals surface area contributed by atoms with Crippen molar-refractivity contribution < 1.29 is 18.0 Å². The number of nitrogens with zero attached hydrogens (tertiary/aromatic N) is 2. The predicted octanol–water partition coefficient (Wildman–Crippen LogP) is 2.51. The van der Waals surface area contributed by atoms with Crippen LogP contribution in [0.1, 0.15) is 39.1 Å². The summed E-state index contributed by atoms with van der Waals surface area (Å²) in [5.41, 5.74) is 11.1. The molecule has 178 valence electrons. The molecule has 0 saturated heterocycles. The molecule has 1 aromatic carbocycles. The molecular weight excluding hydrogens is 421 g/mol. The first kappa shape index (κ1) is 25.8. The lowest BCUT2D eigenvalue weighted by Gasteiger charge is -2.39. The van der Waals surface area contributed by atoms with E-state index in [4.69, 9.17) is 11.5 Å². The summed E-state index contributed by atoms with van der Waals surface area (Å²) in [6.07, 6.45) is 1.67. The second kappa shape index (κ2) is 11.4. The zero-order chi connectivity index (χ0) is 23.9. The van der Waals surface area contributed by atoms with E-state index in [0.29, 0.717) is 24.6 Å². The maximum absolute atomic E-state index is 14.3. The molecule has 0 bridgehead atoms. The van der Waals surface area contributed by atoms with E-state index in [9.17, 15) is 18.0 Å². The van der Waals surface area contributed by atoms with E-state index >= 15 is 0 Å². The first-order valence-corrected chi connectivity index (χ1v) is 10.6. The van der Waals surface area contributed by atoms with E-state index < -0.39 is 35.8 Å². The third-order valence-electron chi connectivity index (χ3n) is 5.06. The van der Waals surface area contributed by atoms with E-state index in [0.717, 1.165) is 18.2 Å². The molecule has 0 radical (unpaired) electrons. The zero-order valence-corrected chi connectivity index (χ0v) is 18.8. The Hall–Kier alpha value is -2.43. The Kier molecular flexibility index (Phi) is 9.23. The minimum atomic E-state index is -0.698. The molecule has 0 saturated carbocycles. The van der Waals surface area contributed by atoms with Gasteiger partial charge in [0, 0.05) is 31.2 Å². The van der Waals surface area contributed by atoms with Crippen molar-refractivity contribution in [3.8, 4) is 11.3 Å². The fraction of sp³-hybridized carbons (Fsp3) is 0.545. The Balaban J connectivity index is 2.42. The van der Waals surface area contributed by atoms with Gasteiger partial charge >= 0.3 is 0 Å². The third-order valence-corrected chi connectivity index (χ3v) is 5.06. The van der Waals surface area contributed by atoms with E-state index in [2.05, 4.69) is 15.3 Å². The first-order valence-electron chi connectivity index (χ1n) is 10.6. The molecular formula is C22H33F3N6O. The normalized spacial score (nSPS) is 13.8. The summed E-state index contributed by atoms with van der Waals surface area (Å²) in [6.45, 7) is 6.21. The van der Waals surface area contributed by atoms with Gasteiger partial charge in [-0.1, -0.05) is 20.8 Å². The first-order chi connectivity index (χ1) is 15.1. The van der Waals surface area contributed by atoms with Gasteiger partial charge in [0.05, 0.1) is 24.5 Å². The second-order valence-electron chi connectivity index (χ2n) is 8.83. The molecule has 7 nitrogen and oxygen atoms in total. The summed E-state index contributed by atoms with van der Waals surface area (Å²) >= 11 is 0. The standard InChI is InChI=1S/C22H33F3N6O/c1-22(2,3)20(31(9-6-15(27)11-23)19(32)13-28-8-7-26)21-29-12-18(30-21)16-10-14(24)4-5-17(16)25/h4-5,10,12,15,20,28H,6-9,11,13,26-27H2,1-3H3,(H,29,30). The molecule has 32 heavy (non-hydrogen) atoms. The highest BCUT2D eigenvalue weighted by Crippen LogP contribution is 2.38. The van der Waals surface area contributed by atoms with Crippen molar-refractivity contribution >= 4 is 5.91 Å². The van der Waals surface area contributed by atoms with E-state index in [1.807, 2.05) is 20.8 Å². The van der Waals surface area contributed by atoms with Gasteiger partial charge in [0.1, 0.15) is 24.1 Å². The summed E-state index contributed by atoms with van der Waals surface area (Å²) in [6, 6.07) is 1.92. The Morgan fingerprint density at radius 1 is 1.31 bits per heavy atom. The van der Waals surface area contributed by atoms with Crippen molar-refractivity contribution in [3.63, 3.8) is 0 Å². The molecule has 1 amide bonds. The average Bonchev–Trinajstić information content (AvgIpc) is 3.20. The zero-order valence-electron chi connectivity index (χ0n) is 18.8. The Labute approximate surface area is 186 Å². The van der Waals surface area contributed by atoms with Gasteiger partial charge in [0.15, 0.2) is 0 Å². The van der Waals surface area contributed by atoms with Crippen LogP contribution in [-0.4, -0.2) is 59.7 Å². The number of rotatable bonds is 11. The molecule has 2 unspecified atom stereocenters. The van der Waals surface area contributed by atoms with Crippen molar-refractivity contribution in [2.24, 2.45) is 16.9 Å². The van der Waals surface area contributed by atoms with Gasteiger partial charge < -0.3 is 26.7 Å². The van der Waals surface area contributed by atoms with Gasteiger partial charge in [-0.25, -0.2) is 18.2 Å². The van der Waals surface area contributed by atoms with Crippen molar-refractivity contribution in [3.05, 3.63) is 41.9 Å². The summed E-state index contributed by atoms with van der Waals surface area (Å²) < 4.78 is 40.9. The highest BCUT2D eigenvalue weighted by molar-refractivity contribution is 5.79. The van der Waals surface area contributed by atoms with Crippen LogP contribution in [0.3, 0.4) is 0 Å². The molecule has 2 rings (SSSR count). The van der Waals surface area contributed by atoms with Crippen LogP contribution in [0, 0.1) is 17.0 Å². The molecule has 1 heterocycles. The van der Waals surface area contributed by atoms with Crippen LogP contribution in [0.5, 0.6) is 0 Å². The number of amides is 1. The summed E-state index contributed by atoms with van der Waals surface area (Å²) in [4.78, 5) is 22.1. The van der Waals surface area contributed by atoms with Gasteiger partial charge in [-0.15, -0.1) is 0 Å². The number of carbonyl (C=O) groups excluding carboxylic acids is 1. The lowest BCUT2D eigenvalue weighted by Crippen LogP contribution is -2.47. The topological polar surface area (TPSA) is 113 Å². The Morgan fingerprint density at radius 2 is 2.03 bits per heavy atom. The predicted molar refractivity (Wildman–Crippen MR) is 118 cm³/mol. The molecule has 1 aromatic heterocycles.